The monoisotopic (exact) mass is 411 g/mol. The minimum Gasteiger partial charge on any atom is -0.469 e. The van der Waals surface area contributed by atoms with Crippen LogP contribution in [0, 0.1) is 0 Å². The van der Waals surface area contributed by atoms with Crippen molar-refractivity contribution in [2.75, 3.05) is 21.2 Å². The van der Waals surface area contributed by atoms with Gasteiger partial charge in [0, 0.05) is 14.1 Å². The summed E-state index contributed by atoms with van der Waals surface area (Å²) in [6, 6.07) is 10.1. The first-order valence-corrected chi connectivity index (χ1v) is 9.57. The molecule has 0 amide bonds. The molecular weight excluding hydrogens is 394 g/mol. The number of esters is 2. The van der Waals surface area contributed by atoms with Crippen LogP contribution in [-0.2, 0) is 26.0 Å². The van der Waals surface area contributed by atoms with Crippen LogP contribution in [0.15, 0.2) is 47.4 Å². The van der Waals surface area contributed by atoms with E-state index in [9.17, 15) is 18.0 Å². The molecule has 7 nitrogen and oxygen atoms in total. The first kappa shape index (κ1) is 20.9. The second-order valence-electron chi connectivity index (χ2n) is 5.72. The summed E-state index contributed by atoms with van der Waals surface area (Å²) >= 11 is 6.02. The Bertz CT molecular complexity index is 954. The molecule has 0 unspecified atom stereocenters. The van der Waals surface area contributed by atoms with Gasteiger partial charge in [-0.2, -0.15) is 0 Å². The highest BCUT2D eigenvalue weighted by molar-refractivity contribution is 7.89. The van der Waals surface area contributed by atoms with Gasteiger partial charge in [-0.1, -0.05) is 23.7 Å². The number of hydrogen-bond donors (Lipinski definition) is 0. The van der Waals surface area contributed by atoms with E-state index in [1.54, 1.807) is 12.1 Å². The molecule has 0 atom stereocenters. The molecule has 0 heterocycles. The van der Waals surface area contributed by atoms with Crippen LogP contribution in [0.5, 0.6) is 5.75 Å². The summed E-state index contributed by atoms with van der Waals surface area (Å²) in [6.45, 7) is 0. The molecule has 0 saturated carbocycles. The van der Waals surface area contributed by atoms with Gasteiger partial charge in [-0.3, -0.25) is 4.79 Å². The predicted octanol–water partition coefficient (Wildman–Crippen LogP) is 2.53. The van der Waals surface area contributed by atoms with Crippen molar-refractivity contribution in [2.24, 2.45) is 0 Å². The Morgan fingerprint density at radius 1 is 1.07 bits per heavy atom. The van der Waals surface area contributed by atoms with Crippen LogP contribution in [-0.4, -0.2) is 45.9 Å². The Morgan fingerprint density at radius 2 is 1.70 bits per heavy atom. The number of halogens is 1. The number of sulfonamides is 1. The van der Waals surface area contributed by atoms with Crippen LogP contribution in [0.3, 0.4) is 0 Å². The summed E-state index contributed by atoms with van der Waals surface area (Å²) in [4.78, 5) is 23.6. The number of nitrogens with zero attached hydrogens (tertiary/aromatic N) is 1. The second kappa shape index (κ2) is 8.51. The zero-order valence-corrected chi connectivity index (χ0v) is 16.5. The number of methoxy groups -OCH3 is 1. The SMILES string of the molecule is COC(=O)Cc1ccc(OC(=O)c2cc(S(=O)(=O)N(C)C)ccc2Cl)cc1. The third kappa shape index (κ3) is 5.06. The molecule has 0 aliphatic heterocycles. The first-order valence-electron chi connectivity index (χ1n) is 7.75. The number of benzene rings is 2. The fourth-order valence-electron chi connectivity index (χ4n) is 2.11. The number of ether oxygens (including phenoxy) is 2. The van der Waals surface area contributed by atoms with E-state index >= 15 is 0 Å². The standard InChI is InChI=1S/C18H18ClNO6S/c1-20(2)27(23,24)14-8-9-16(19)15(11-14)18(22)26-13-6-4-12(5-7-13)10-17(21)25-3/h4-9,11H,10H2,1-3H3. The smallest absolute Gasteiger partial charge is 0.345 e. The molecule has 0 radical (unpaired) electrons. The molecule has 2 aromatic rings. The molecule has 0 aliphatic carbocycles. The van der Waals surface area contributed by atoms with E-state index in [1.165, 1.54) is 51.5 Å². The molecule has 0 bridgehead atoms. The normalized spacial score (nSPS) is 11.3. The molecule has 2 aromatic carbocycles. The van der Waals surface area contributed by atoms with Gasteiger partial charge in [-0.05, 0) is 35.9 Å². The Balaban J connectivity index is 2.22. The third-order valence-corrected chi connectivity index (χ3v) is 5.79. The van der Waals surface area contributed by atoms with Crippen LogP contribution < -0.4 is 4.74 Å². The lowest BCUT2D eigenvalue weighted by Crippen LogP contribution is -2.22. The average molecular weight is 412 g/mol. The van der Waals surface area contributed by atoms with Crippen LogP contribution >= 0.6 is 11.6 Å². The fraction of sp³-hybridized carbons (Fsp3) is 0.222. The molecule has 0 fully saturated rings. The zero-order chi connectivity index (χ0) is 20.2. The highest BCUT2D eigenvalue weighted by Gasteiger charge is 2.21. The minimum absolute atomic E-state index is 0.0695. The molecule has 0 aromatic heterocycles. The molecule has 0 aliphatic rings. The zero-order valence-electron chi connectivity index (χ0n) is 14.9. The second-order valence-corrected chi connectivity index (χ2v) is 8.27. The van der Waals surface area contributed by atoms with E-state index in [2.05, 4.69) is 4.74 Å². The largest absolute Gasteiger partial charge is 0.469 e. The quantitative estimate of drug-likeness (QED) is 0.536. The van der Waals surface area contributed by atoms with E-state index in [-0.39, 0.29) is 33.6 Å². The molecule has 2 rings (SSSR count). The van der Waals surface area contributed by atoms with Crippen molar-refractivity contribution in [1.29, 1.82) is 0 Å². The van der Waals surface area contributed by atoms with Gasteiger partial charge in [-0.15, -0.1) is 0 Å². The van der Waals surface area contributed by atoms with Gasteiger partial charge in [0.1, 0.15) is 5.75 Å². The fourth-order valence-corrected chi connectivity index (χ4v) is 3.23. The van der Waals surface area contributed by atoms with E-state index in [0.717, 1.165) is 4.31 Å². The molecule has 0 spiro atoms. The van der Waals surface area contributed by atoms with Crippen molar-refractivity contribution in [3.05, 3.63) is 58.6 Å². The molecule has 144 valence electrons. The Morgan fingerprint density at radius 3 is 2.26 bits per heavy atom. The maximum atomic E-state index is 12.4. The van der Waals surface area contributed by atoms with E-state index in [0.29, 0.717) is 5.56 Å². The van der Waals surface area contributed by atoms with Crippen LogP contribution in [0.25, 0.3) is 0 Å². The van der Waals surface area contributed by atoms with Crippen LogP contribution in [0.1, 0.15) is 15.9 Å². The lowest BCUT2D eigenvalue weighted by atomic mass is 10.1. The number of carbonyl (C=O) groups is 2. The van der Waals surface area contributed by atoms with E-state index < -0.39 is 16.0 Å². The number of hydrogen-bond acceptors (Lipinski definition) is 6. The van der Waals surface area contributed by atoms with Crippen molar-refractivity contribution in [3.8, 4) is 5.75 Å². The van der Waals surface area contributed by atoms with E-state index in [1.807, 2.05) is 0 Å². The molecule has 0 saturated heterocycles. The summed E-state index contributed by atoms with van der Waals surface area (Å²) in [5.41, 5.74) is 0.622. The van der Waals surface area contributed by atoms with Crippen LogP contribution in [0.2, 0.25) is 5.02 Å². The highest BCUT2D eigenvalue weighted by Crippen LogP contribution is 2.24. The van der Waals surface area contributed by atoms with Crippen molar-refractivity contribution in [2.45, 2.75) is 11.3 Å². The Hall–Kier alpha value is -2.42. The molecule has 27 heavy (non-hydrogen) atoms. The van der Waals surface area contributed by atoms with Gasteiger partial charge in [0.2, 0.25) is 10.0 Å². The van der Waals surface area contributed by atoms with Gasteiger partial charge in [0.05, 0.1) is 29.0 Å². The van der Waals surface area contributed by atoms with E-state index in [4.69, 9.17) is 16.3 Å². The van der Waals surface area contributed by atoms with Crippen molar-refractivity contribution in [3.63, 3.8) is 0 Å². The Kier molecular flexibility index (Phi) is 6.59. The van der Waals surface area contributed by atoms with Crippen LogP contribution in [0.4, 0.5) is 0 Å². The maximum absolute atomic E-state index is 12.4. The maximum Gasteiger partial charge on any atom is 0.345 e. The molecular formula is C18H18ClNO6S. The van der Waals surface area contributed by atoms with Gasteiger partial charge >= 0.3 is 11.9 Å². The summed E-state index contributed by atoms with van der Waals surface area (Å²) < 4.78 is 35.3. The summed E-state index contributed by atoms with van der Waals surface area (Å²) in [5.74, 6) is -0.951. The highest BCUT2D eigenvalue weighted by atomic mass is 35.5. The van der Waals surface area contributed by atoms with Gasteiger partial charge in [0.25, 0.3) is 0 Å². The first-order chi connectivity index (χ1) is 12.6. The molecule has 9 heteroatoms. The van der Waals surface area contributed by atoms with Gasteiger partial charge in [-0.25, -0.2) is 17.5 Å². The number of carbonyl (C=O) groups excluding carboxylic acids is 2. The van der Waals surface area contributed by atoms with Crippen molar-refractivity contribution in [1.82, 2.24) is 4.31 Å². The van der Waals surface area contributed by atoms with Crippen molar-refractivity contribution < 1.29 is 27.5 Å². The van der Waals surface area contributed by atoms with Crippen molar-refractivity contribution >= 4 is 33.6 Å². The minimum atomic E-state index is -3.72. The summed E-state index contributed by atoms with van der Waals surface area (Å²) in [6.07, 6.45) is 0.0982. The lowest BCUT2D eigenvalue weighted by molar-refractivity contribution is -0.139. The average Bonchev–Trinajstić information content (AvgIpc) is 2.63. The predicted molar refractivity (Wildman–Crippen MR) is 99.4 cm³/mol. The number of rotatable bonds is 6. The third-order valence-electron chi connectivity index (χ3n) is 3.65. The van der Waals surface area contributed by atoms with Gasteiger partial charge in [0.15, 0.2) is 0 Å². The summed E-state index contributed by atoms with van der Waals surface area (Å²) in [5, 5.41) is 0.0695. The molecule has 0 N–H and O–H groups in total. The topological polar surface area (TPSA) is 90.0 Å². The van der Waals surface area contributed by atoms with Gasteiger partial charge < -0.3 is 9.47 Å². The summed E-state index contributed by atoms with van der Waals surface area (Å²) in [7, 11) is 0.353. The lowest BCUT2D eigenvalue weighted by Gasteiger charge is -2.13. The Labute approximate surface area is 162 Å².